The molecule has 29 heavy (non-hydrogen) atoms. The minimum absolute atomic E-state index is 0.0766. The number of amides is 1. The molecule has 0 radical (unpaired) electrons. The molecule has 146 valence electrons. The van der Waals surface area contributed by atoms with E-state index in [2.05, 4.69) is 35.9 Å². The number of carbonyl (C=O) groups is 1. The molecule has 0 fully saturated rings. The second-order valence-electron chi connectivity index (χ2n) is 7.37. The zero-order valence-electron chi connectivity index (χ0n) is 17.5. The van der Waals surface area contributed by atoms with E-state index in [0.29, 0.717) is 5.69 Å². The van der Waals surface area contributed by atoms with Crippen LogP contribution in [-0.4, -0.2) is 10.5 Å². The molecule has 0 atom stereocenters. The highest BCUT2D eigenvalue weighted by Gasteiger charge is 2.15. The van der Waals surface area contributed by atoms with Crippen LogP contribution in [0.25, 0.3) is 11.8 Å². The topological polar surface area (TPSA) is 57.8 Å². The minimum Gasteiger partial charge on any atom is -0.321 e. The van der Waals surface area contributed by atoms with Gasteiger partial charge in [0.05, 0.1) is 0 Å². The summed E-state index contributed by atoms with van der Waals surface area (Å²) in [5.41, 5.74) is 8.25. The highest BCUT2D eigenvalue weighted by molar-refractivity contribution is 6.09. The molecule has 1 amide bonds. The maximum Gasteiger partial charge on any atom is 0.266 e. The van der Waals surface area contributed by atoms with Gasteiger partial charge >= 0.3 is 0 Å². The van der Waals surface area contributed by atoms with E-state index in [1.807, 2.05) is 63.2 Å². The van der Waals surface area contributed by atoms with Crippen molar-refractivity contribution in [1.82, 2.24) is 4.57 Å². The van der Waals surface area contributed by atoms with Gasteiger partial charge in [-0.15, -0.1) is 0 Å². The second-order valence-corrected chi connectivity index (χ2v) is 7.37. The minimum atomic E-state index is -0.408. The molecule has 0 saturated heterocycles. The predicted octanol–water partition coefficient (Wildman–Crippen LogP) is 5.57. The van der Waals surface area contributed by atoms with Gasteiger partial charge in [-0.2, -0.15) is 5.26 Å². The van der Waals surface area contributed by atoms with Gasteiger partial charge in [0, 0.05) is 22.8 Å². The second kappa shape index (κ2) is 8.20. The molecule has 0 bridgehead atoms. The van der Waals surface area contributed by atoms with Crippen molar-refractivity contribution in [2.45, 2.75) is 34.6 Å². The Hall–Kier alpha value is -3.58. The summed E-state index contributed by atoms with van der Waals surface area (Å²) >= 11 is 0. The molecule has 0 aliphatic rings. The quantitative estimate of drug-likeness (QED) is 0.473. The van der Waals surface area contributed by atoms with Crippen molar-refractivity contribution in [3.05, 3.63) is 87.7 Å². The van der Waals surface area contributed by atoms with Crippen LogP contribution < -0.4 is 5.32 Å². The van der Waals surface area contributed by atoms with Crippen molar-refractivity contribution in [2.75, 3.05) is 5.32 Å². The fourth-order valence-electron chi connectivity index (χ4n) is 3.51. The number of benzene rings is 2. The molecule has 0 spiro atoms. The van der Waals surface area contributed by atoms with E-state index >= 15 is 0 Å². The van der Waals surface area contributed by atoms with Crippen molar-refractivity contribution < 1.29 is 4.79 Å². The molecule has 0 unspecified atom stereocenters. The third kappa shape index (κ3) is 4.14. The summed E-state index contributed by atoms with van der Waals surface area (Å²) in [5, 5.41) is 12.4. The van der Waals surface area contributed by atoms with Gasteiger partial charge in [-0.05, 0) is 87.2 Å². The summed E-state index contributed by atoms with van der Waals surface area (Å²) in [6, 6.07) is 17.8. The van der Waals surface area contributed by atoms with Crippen molar-refractivity contribution >= 4 is 17.7 Å². The molecule has 4 nitrogen and oxygen atoms in total. The van der Waals surface area contributed by atoms with E-state index in [4.69, 9.17) is 0 Å². The van der Waals surface area contributed by atoms with Crippen LogP contribution >= 0.6 is 0 Å². The highest BCUT2D eigenvalue weighted by atomic mass is 16.1. The normalized spacial score (nSPS) is 11.2. The third-order valence-electron chi connectivity index (χ3n) is 5.23. The third-order valence-corrected chi connectivity index (χ3v) is 5.23. The van der Waals surface area contributed by atoms with Crippen LogP contribution in [0.3, 0.4) is 0 Å². The first-order valence-corrected chi connectivity index (χ1v) is 9.57. The number of hydrogen-bond donors (Lipinski definition) is 1. The number of aryl methyl sites for hydroxylation is 3. The van der Waals surface area contributed by atoms with Crippen LogP contribution in [0.4, 0.5) is 5.69 Å². The molecule has 0 saturated carbocycles. The van der Waals surface area contributed by atoms with Gasteiger partial charge in [0.25, 0.3) is 5.91 Å². The largest absolute Gasteiger partial charge is 0.321 e. The summed E-state index contributed by atoms with van der Waals surface area (Å²) in [5.74, 6) is -0.408. The number of hydrogen-bond acceptors (Lipinski definition) is 2. The Morgan fingerprint density at radius 3 is 2.45 bits per heavy atom. The molecule has 2 aromatic carbocycles. The Morgan fingerprint density at radius 1 is 1.03 bits per heavy atom. The van der Waals surface area contributed by atoms with Crippen LogP contribution in [0, 0.1) is 45.9 Å². The van der Waals surface area contributed by atoms with Crippen molar-refractivity contribution in [3.63, 3.8) is 0 Å². The van der Waals surface area contributed by atoms with E-state index in [0.717, 1.165) is 28.2 Å². The van der Waals surface area contributed by atoms with Crippen LogP contribution in [0.15, 0.2) is 54.1 Å². The highest BCUT2D eigenvalue weighted by Crippen LogP contribution is 2.26. The Morgan fingerprint density at radius 2 is 1.76 bits per heavy atom. The zero-order valence-corrected chi connectivity index (χ0v) is 17.5. The maximum atomic E-state index is 12.6. The number of nitrogens with one attached hydrogen (secondary N) is 1. The average Bonchev–Trinajstić information content (AvgIpc) is 2.95. The molecular weight excluding hydrogens is 358 g/mol. The van der Waals surface area contributed by atoms with E-state index < -0.39 is 5.91 Å². The molecule has 0 aliphatic heterocycles. The van der Waals surface area contributed by atoms with Gasteiger partial charge in [0.15, 0.2) is 0 Å². The van der Waals surface area contributed by atoms with Gasteiger partial charge in [0.2, 0.25) is 0 Å². The standard InChI is InChI=1S/C25H25N3O/c1-16-8-6-10-23(12-16)27-25(29)22(15-26)14-21-13-18(3)28(20(21)5)24-11-7-9-17(2)19(24)4/h6-14H,1-5H3,(H,27,29). The summed E-state index contributed by atoms with van der Waals surface area (Å²) < 4.78 is 2.17. The smallest absolute Gasteiger partial charge is 0.266 e. The lowest BCUT2D eigenvalue weighted by Crippen LogP contribution is -2.13. The maximum absolute atomic E-state index is 12.6. The number of carbonyl (C=O) groups excluding carboxylic acids is 1. The van der Waals surface area contributed by atoms with E-state index in [1.54, 1.807) is 6.08 Å². The van der Waals surface area contributed by atoms with Crippen LogP contribution in [0.1, 0.15) is 33.6 Å². The SMILES string of the molecule is Cc1cccc(NC(=O)C(C#N)=Cc2cc(C)n(-c3cccc(C)c3C)c2C)c1. The number of aromatic nitrogens is 1. The Balaban J connectivity index is 1.98. The van der Waals surface area contributed by atoms with Crippen molar-refractivity contribution in [1.29, 1.82) is 5.26 Å². The average molecular weight is 383 g/mol. The Labute approximate surface area is 172 Å². The summed E-state index contributed by atoms with van der Waals surface area (Å²) in [6.45, 7) is 10.2. The summed E-state index contributed by atoms with van der Waals surface area (Å²) in [4.78, 5) is 12.6. The van der Waals surface area contributed by atoms with Crippen LogP contribution in [-0.2, 0) is 4.79 Å². The zero-order chi connectivity index (χ0) is 21.1. The lowest BCUT2D eigenvalue weighted by atomic mass is 10.1. The molecule has 3 rings (SSSR count). The molecule has 1 aromatic heterocycles. The molecule has 1 N–H and O–H groups in total. The monoisotopic (exact) mass is 383 g/mol. The fraction of sp³-hybridized carbons (Fsp3) is 0.200. The number of anilines is 1. The molecule has 0 aliphatic carbocycles. The number of nitrogens with zero attached hydrogens (tertiary/aromatic N) is 2. The molecular formula is C25H25N3O. The Kier molecular flexibility index (Phi) is 5.70. The number of rotatable bonds is 4. The predicted molar refractivity (Wildman–Crippen MR) is 118 cm³/mol. The van der Waals surface area contributed by atoms with E-state index in [-0.39, 0.29) is 5.57 Å². The van der Waals surface area contributed by atoms with Crippen LogP contribution in [0.2, 0.25) is 0 Å². The first kappa shape index (κ1) is 20.2. The van der Waals surface area contributed by atoms with Gasteiger partial charge in [-0.25, -0.2) is 0 Å². The lowest BCUT2D eigenvalue weighted by Gasteiger charge is -2.14. The first-order chi connectivity index (χ1) is 13.8. The van der Waals surface area contributed by atoms with Crippen molar-refractivity contribution in [3.8, 4) is 11.8 Å². The summed E-state index contributed by atoms with van der Waals surface area (Å²) in [6.07, 6.45) is 1.66. The van der Waals surface area contributed by atoms with Crippen LogP contribution in [0.5, 0.6) is 0 Å². The molecule has 3 aromatic rings. The van der Waals surface area contributed by atoms with Crippen molar-refractivity contribution in [2.24, 2.45) is 0 Å². The van der Waals surface area contributed by atoms with Gasteiger partial charge in [-0.1, -0.05) is 24.3 Å². The summed E-state index contributed by atoms with van der Waals surface area (Å²) in [7, 11) is 0. The molecule has 1 heterocycles. The first-order valence-electron chi connectivity index (χ1n) is 9.57. The van der Waals surface area contributed by atoms with Gasteiger partial charge in [0.1, 0.15) is 11.6 Å². The van der Waals surface area contributed by atoms with Gasteiger partial charge < -0.3 is 9.88 Å². The fourth-order valence-corrected chi connectivity index (χ4v) is 3.51. The van der Waals surface area contributed by atoms with E-state index in [1.165, 1.54) is 11.1 Å². The van der Waals surface area contributed by atoms with E-state index in [9.17, 15) is 10.1 Å². The van der Waals surface area contributed by atoms with Gasteiger partial charge in [-0.3, -0.25) is 4.79 Å². The number of nitriles is 1. The lowest BCUT2D eigenvalue weighted by molar-refractivity contribution is -0.112. The molecule has 4 heteroatoms. The Bertz CT molecular complexity index is 1160.